The molecule has 1 aromatic carbocycles. The molecule has 5 heteroatoms. The molecule has 0 saturated carbocycles. The van der Waals surface area contributed by atoms with Gasteiger partial charge in [0.15, 0.2) is 5.76 Å². The monoisotopic (exact) mass is 342 g/mol. The van der Waals surface area contributed by atoms with Gasteiger partial charge in [0.05, 0.1) is 6.54 Å². The number of nitrogens with zero attached hydrogens (tertiary/aromatic N) is 1. The van der Waals surface area contributed by atoms with Crippen LogP contribution in [0.15, 0.2) is 40.8 Å². The third kappa shape index (κ3) is 5.21. The minimum absolute atomic E-state index is 0.110. The van der Waals surface area contributed by atoms with Gasteiger partial charge in [0, 0.05) is 20.5 Å². The third-order valence-corrected chi connectivity index (χ3v) is 3.97. The first-order valence-electron chi connectivity index (χ1n) is 8.35. The molecule has 134 valence electrons. The van der Waals surface area contributed by atoms with Gasteiger partial charge in [0.2, 0.25) is 5.91 Å². The maximum atomic E-state index is 12.5. The summed E-state index contributed by atoms with van der Waals surface area (Å²) in [6.45, 7) is 8.74. The van der Waals surface area contributed by atoms with Crippen molar-refractivity contribution < 1.29 is 14.0 Å². The maximum Gasteiger partial charge on any atom is 0.289 e. The van der Waals surface area contributed by atoms with E-state index in [2.05, 4.69) is 50.4 Å². The largest absolute Gasteiger partial charge is 0.454 e. The molecule has 2 rings (SSSR count). The molecule has 0 bridgehead atoms. The third-order valence-electron chi connectivity index (χ3n) is 3.97. The van der Waals surface area contributed by atoms with Gasteiger partial charge in [-0.2, -0.15) is 0 Å². The highest BCUT2D eigenvalue weighted by atomic mass is 16.4. The van der Waals surface area contributed by atoms with Crippen molar-refractivity contribution in [2.24, 2.45) is 0 Å². The van der Waals surface area contributed by atoms with Gasteiger partial charge in [0.1, 0.15) is 5.76 Å². The molecule has 0 aliphatic heterocycles. The first kappa shape index (κ1) is 18.8. The van der Waals surface area contributed by atoms with Gasteiger partial charge in [0.25, 0.3) is 5.91 Å². The Hall–Kier alpha value is -2.56. The fourth-order valence-electron chi connectivity index (χ4n) is 2.44. The smallest absolute Gasteiger partial charge is 0.289 e. The Morgan fingerprint density at radius 2 is 1.72 bits per heavy atom. The summed E-state index contributed by atoms with van der Waals surface area (Å²) in [4.78, 5) is 25.0. The van der Waals surface area contributed by atoms with E-state index >= 15 is 0 Å². The molecule has 0 fully saturated rings. The van der Waals surface area contributed by atoms with Crippen molar-refractivity contribution in [3.63, 3.8) is 0 Å². The predicted molar refractivity (Wildman–Crippen MR) is 97.2 cm³/mol. The fourth-order valence-corrected chi connectivity index (χ4v) is 2.44. The zero-order chi connectivity index (χ0) is 18.6. The van der Waals surface area contributed by atoms with Crippen molar-refractivity contribution in [3.8, 4) is 0 Å². The van der Waals surface area contributed by atoms with Crippen molar-refractivity contribution in [3.05, 3.63) is 59.0 Å². The minimum atomic E-state index is -0.186. The number of carbonyl (C=O) groups is 2. The lowest BCUT2D eigenvalue weighted by Crippen LogP contribution is -2.26. The molecule has 1 aromatic heterocycles. The van der Waals surface area contributed by atoms with Crippen molar-refractivity contribution in [2.45, 2.75) is 46.2 Å². The van der Waals surface area contributed by atoms with Gasteiger partial charge in [-0.15, -0.1) is 0 Å². The van der Waals surface area contributed by atoms with Gasteiger partial charge in [-0.1, -0.05) is 45.0 Å². The molecule has 0 saturated heterocycles. The fraction of sp³-hybridized carbons (Fsp3) is 0.400. The Kier molecular flexibility index (Phi) is 5.67. The van der Waals surface area contributed by atoms with Crippen molar-refractivity contribution in [1.82, 2.24) is 10.2 Å². The summed E-state index contributed by atoms with van der Waals surface area (Å²) in [5, 5.41) is 2.64. The summed E-state index contributed by atoms with van der Waals surface area (Å²) in [5.41, 5.74) is 2.44. The Bertz CT molecular complexity index is 739. The van der Waals surface area contributed by atoms with Crippen LogP contribution in [0.25, 0.3) is 0 Å². The van der Waals surface area contributed by atoms with Gasteiger partial charge >= 0.3 is 0 Å². The second kappa shape index (κ2) is 7.55. The van der Waals surface area contributed by atoms with Gasteiger partial charge < -0.3 is 14.6 Å². The zero-order valence-electron chi connectivity index (χ0n) is 15.6. The molecule has 0 unspecified atom stereocenters. The van der Waals surface area contributed by atoms with Crippen LogP contribution in [0.2, 0.25) is 0 Å². The van der Waals surface area contributed by atoms with Crippen LogP contribution in [0.1, 0.15) is 55.1 Å². The van der Waals surface area contributed by atoms with E-state index in [1.54, 1.807) is 24.1 Å². The molecule has 1 N–H and O–H groups in total. The Labute approximate surface area is 149 Å². The number of carbonyl (C=O) groups excluding carboxylic acids is 2. The number of amides is 2. The molecule has 1 heterocycles. The van der Waals surface area contributed by atoms with E-state index in [1.165, 1.54) is 12.5 Å². The highest BCUT2D eigenvalue weighted by molar-refractivity contribution is 5.91. The first-order chi connectivity index (χ1) is 11.7. The predicted octanol–water partition coefficient (Wildman–Crippen LogP) is 3.49. The molecule has 25 heavy (non-hydrogen) atoms. The van der Waals surface area contributed by atoms with Crippen LogP contribution in [0, 0.1) is 0 Å². The van der Waals surface area contributed by atoms with Crippen LogP contribution in [-0.4, -0.2) is 23.8 Å². The lowest BCUT2D eigenvalue weighted by Gasteiger charge is -2.20. The lowest BCUT2D eigenvalue weighted by molar-refractivity contribution is -0.119. The average Bonchev–Trinajstić information content (AvgIpc) is 3.00. The molecule has 2 aromatic rings. The summed E-state index contributed by atoms with van der Waals surface area (Å²) in [5.74, 6) is 0.504. The Morgan fingerprint density at radius 1 is 1.08 bits per heavy atom. The maximum absolute atomic E-state index is 12.5. The molecule has 0 spiro atoms. The standard InChI is InChI=1S/C20H26N2O3/c1-14(23)21-12-17-10-11-18(25-17)19(24)22(5)13-15-6-8-16(9-7-15)20(2,3)4/h6-11H,12-13H2,1-5H3,(H,21,23). The van der Waals surface area contributed by atoms with E-state index < -0.39 is 0 Å². The second-order valence-electron chi connectivity index (χ2n) is 7.28. The van der Waals surface area contributed by atoms with Crippen molar-refractivity contribution in [1.29, 1.82) is 0 Å². The average molecular weight is 342 g/mol. The van der Waals surface area contributed by atoms with Crippen LogP contribution >= 0.6 is 0 Å². The number of hydrogen-bond acceptors (Lipinski definition) is 3. The van der Waals surface area contributed by atoms with E-state index in [1.807, 2.05) is 0 Å². The topological polar surface area (TPSA) is 62.6 Å². The van der Waals surface area contributed by atoms with Crippen LogP contribution in [0.5, 0.6) is 0 Å². The first-order valence-corrected chi connectivity index (χ1v) is 8.35. The molecule has 0 atom stereocenters. The number of hydrogen-bond donors (Lipinski definition) is 1. The molecule has 0 aliphatic rings. The van der Waals surface area contributed by atoms with Crippen LogP contribution in [0.3, 0.4) is 0 Å². The quantitative estimate of drug-likeness (QED) is 0.905. The molecule has 0 radical (unpaired) electrons. The lowest BCUT2D eigenvalue weighted by atomic mass is 9.87. The minimum Gasteiger partial charge on any atom is -0.454 e. The number of furan rings is 1. The normalized spacial score (nSPS) is 11.2. The number of nitrogens with one attached hydrogen (secondary N) is 1. The number of rotatable bonds is 5. The van der Waals surface area contributed by atoms with Gasteiger partial charge in [-0.3, -0.25) is 9.59 Å². The molecule has 5 nitrogen and oxygen atoms in total. The van der Waals surface area contributed by atoms with Crippen LogP contribution < -0.4 is 5.32 Å². The summed E-state index contributed by atoms with van der Waals surface area (Å²) < 4.78 is 5.51. The summed E-state index contributed by atoms with van der Waals surface area (Å²) in [7, 11) is 1.75. The van der Waals surface area contributed by atoms with E-state index in [-0.39, 0.29) is 29.5 Å². The molecule has 2 amide bonds. The SMILES string of the molecule is CC(=O)NCc1ccc(C(=O)N(C)Cc2ccc(C(C)(C)C)cc2)o1. The Balaban J connectivity index is 1.99. The van der Waals surface area contributed by atoms with E-state index in [0.29, 0.717) is 12.3 Å². The van der Waals surface area contributed by atoms with Crippen molar-refractivity contribution in [2.75, 3.05) is 7.05 Å². The summed E-state index contributed by atoms with van der Waals surface area (Å²) >= 11 is 0. The molecule has 0 aliphatic carbocycles. The zero-order valence-corrected chi connectivity index (χ0v) is 15.6. The van der Waals surface area contributed by atoms with Crippen LogP contribution in [0.4, 0.5) is 0 Å². The van der Waals surface area contributed by atoms with Gasteiger partial charge in [-0.25, -0.2) is 0 Å². The van der Waals surface area contributed by atoms with Crippen molar-refractivity contribution >= 4 is 11.8 Å². The highest BCUT2D eigenvalue weighted by Crippen LogP contribution is 2.22. The molecular formula is C20H26N2O3. The second-order valence-corrected chi connectivity index (χ2v) is 7.28. The Morgan fingerprint density at radius 3 is 2.28 bits per heavy atom. The van der Waals surface area contributed by atoms with E-state index in [4.69, 9.17) is 4.42 Å². The molecular weight excluding hydrogens is 316 g/mol. The van der Waals surface area contributed by atoms with E-state index in [0.717, 1.165) is 5.56 Å². The summed E-state index contributed by atoms with van der Waals surface area (Å²) in [6.07, 6.45) is 0. The van der Waals surface area contributed by atoms with E-state index in [9.17, 15) is 9.59 Å². The number of benzene rings is 1. The summed E-state index contributed by atoms with van der Waals surface area (Å²) in [6, 6.07) is 11.6. The van der Waals surface area contributed by atoms with Gasteiger partial charge in [-0.05, 0) is 28.7 Å². The highest BCUT2D eigenvalue weighted by Gasteiger charge is 2.17. The van der Waals surface area contributed by atoms with Crippen LogP contribution in [-0.2, 0) is 23.3 Å².